The van der Waals surface area contributed by atoms with Gasteiger partial charge in [-0.1, -0.05) is 18.7 Å². The summed E-state index contributed by atoms with van der Waals surface area (Å²) in [6, 6.07) is 0. The first-order valence-electron chi connectivity index (χ1n) is 4.95. The molecule has 0 aliphatic rings. The van der Waals surface area contributed by atoms with Crippen LogP contribution in [0.2, 0.25) is 0 Å². The van der Waals surface area contributed by atoms with E-state index >= 15 is 0 Å². The second-order valence-corrected chi connectivity index (χ2v) is 3.51. The number of allylic oxidation sites excluding steroid dienone is 2. The number of furan rings is 1. The zero-order chi connectivity index (χ0) is 11.4. The van der Waals surface area contributed by atoms with Crippen molar-refractivity contribution in [3.63, 3.8) is 0 Å². The van der Waals surface area contributed by atoms with Crippen molar-refractivity contribution < 1.29 is 4.42 Å². The van der Waals surface area contributed by atoms with E-state index in [1.165, 1.54) is 5.57 Å². The number of hydrogen-bond acceptors (Lipinski definition) is 2. The fourth-order valence-corrected chi connectivity index (χ4v) is 1.73. The van der Waals surface area contributed by atoms with Gasteiger partial charge in [0, 0.05) is 10.8 Å². The Labute approximate surface area is 90.3 Å². The van der Waals surface area contributed by atoms with Crippen molar-refractivity contribution in [3.05, 3.63) is 34.1 Å². The largest absolute Gasteiger partial charge is 0.459 e. The number of nitrogens with zero attached hydrogens (tertiary/aromatic N) is 1. The van der Waals surface area contributed by atoms with Crippen LogP contribution in [-0.4, -0.2) is 6.72 Å². The first-order chi connectivity index (χ1) is 7.11. The van der Waals surface area contributed by atoms with Gasteiger partial charge in [-0.3, -0.25) is 4.99 Å². The van der Waals surface area contributed by atoms with Crippen LogP contribution in [0.15, 0.2) is 21.6 Å². The van der Waals surface area contributed by atoms with Crippen LogP contribution in [0, 0.1) is 6.92 Å². The summed E-state index contributed by atoms with van der Waals surface area (Å²) in [6.45, 7) is 14.0. The molecule has 0 unspecified atom stereocenters. The molecule has 0 aliphatic heterocycles. The second-order valence-electron chi connectivity index (χ2n) is 3.51. The fraction of sp³-hybridized carbons (Fsp3) is 0.308. The van der Waals surface area contributed by atoms with Crippen molar-refractivity contribution in [1.82, 2.24) is 0 Å². The predicted octanol–water partition coefficient (Wildman–Crippen LogP) is 1.95. The molecule has 0 spiro atoms. The highest BCUT2D eigenvalue weighted by atomic mass is 16.3. The van der Waals surface area contributed by atoms with E-state index in [1.54, 1.807) is 0 Å². The molecule has 80 valence electrons. The lowest BCUT2D eigenvalue weighted by molar-refractivity contribution is 0.482. The molecular weight excluding hydrogens is 186 g/mol. The summed E-state index contributed by atoms with van der Waals surface area (Å²) in [5, 5.41) is 1.09. The third kappa shape index (κ3) is 2.27. The molecule has 1 heterocycles. The van der Waals surface area contributed by atoms with Crippen LogP contribution in [0.5, 0.6) is 0 Å². The standard InChI is InChI=1S/C13H17NO/c1-6-7-9(2)13-10(3)12(8-14-5)15-11(13)4/h6-7H,4-5,8H2,1-3H3/b7-6-,13-9-. The van der Waals surface area contributed by atoms with Gasteiger partial charge >= 0.3 is 0 Å². The summed E-state index contributed by atoms with van der Waals surface area (Å²) in [6.07, 6.45) is 4.06. The van der Waals surface area contributed by atoms with Crippen molar-refractivity contribution in [2.75, 3.05) is 0 Å². The Morgan fingerprint density at radius 2 is 2.20 bits per heavy atom. The van der Waals surface area contributed by atoms with E-state index in [-0.39, 0.29) is 0 Å². The van der Waals surface area contributed by atoms with Gasteiger partial charge in [0.15, 0.2) is 0 Å². The molecule has 0 fully saturated rings. The van der Waals surface area contributed by atoms with Crippen molar-refractivity contribution in [2.24, 2.45) is 4.99 Å². The average Bonchev–Trinajstić information content (AvgIpc) is 2.43. The minimum Gasteiger partial charge on any atom is -0.459 e. The van der Waals surface area contributed by atoms with Crippen LogP contribution in [0.25, 0.3) is 12.2 Å². The van der Waals surface area contributed by atoms with Crippen molar-refractivity contribution in [2.45, 2.75) is 27.3 Å². The normalized spacial score (nSPS) is 13.3. The number of hydrogen-bond donors (Lipinski definition) is 0. The highest BCUT2D eigenvalue weighted by molar-refractivity contribution is 5.55. The zero-order valence-electron chi connectivity index (χ0n) is 9.63. The summed E-state index contributed by atoms with van der Waals surface area (Å²) >= 11 is 0. The fourth-order valence-electron chi connectivity index (χ4n) is 1.73. The third-order valence-corrected chi connectivity index (χ3v) is 2.38. The zero-order valence-corrected chi connectivity index (χ0v) is 9.63. The van der Waals surface area contributed by atoms with Crippen LogP contribution < -0.4 is 10.6 Å². The summed E-state index contributed by atoms with van der Waals surface area (Å²) < 4.78 is 5.55. The molecule has 1 rings (SSSR count). The minimum absolute atomic E-state index is 0.511. The molecule has 1 aromatic heterocycles. The van der Waals surface area contributed by atoms with E-state index in [0.29, 0.717) is 12.0 Å². The first kappa shape index (κ1) is 11.5. The molecule has 2 nitrogen and oxygen atoms in total. The molecule has 0 atom stereocenters. The number of rotatable bonds is 3. The molecule has 0 amide bonds. The van der Waals surface area contributed by atoms with Crippen LogP contribution in [0.1, 0.15) is 25.2 Å². The van der Waals surface area contributed by atoms with Crippen molar-refractivity contribution >= 4 is 18.9 Å². The highest BCUT2D eigenvalue weighted by Gasteiger charge is 2.06. The molecule has 1 aromatic rings. The van der Waals surface area contributed by atoms with Gasteiger partial charge in [0.1, 0.15) is 11.2 Å². The summed E-state index contributed by atoms with van der Waals surface area (Å²) in [7, 11) is 0. The average molecular weight is 203 g/mol. The van der Waals surface area contributed by atoms with Crippen LogP contribution >= 0.6 is 0 Å². The van der Waals surface area contributed by atoms with Crippen LogP contribution in [-0.2, 0) is 6.54 Å². The Hall–Kier alpha value is -1.57. The van der Waals surface area contributed by atoms with Crippen molar-refractivity contribution in [3.8, 4) is 0 Å². The molecule has 0 aliphatic carbocycles. The molecule has 0 radical (unpaired) electrons. The summed E-state index contributed by atoms with van der Waals surface area (Å²) in [4.78, 5) is 3.83. The lowest BCUT2D eigenvalue weighted by Crippen LogP contribution is -2.22. The first-order valence-corrected chi connectivity index (χ1v) is 4.95. The second kappa shape index (κ2) is 4.78. The Balaban J connectivity index is 3.50. The highest BCUT2D eigenvalue weighted by Crippen LogP contribution is 2.04. The Kier molecular flexibility index (Phi) is 3.67. The Morgan fingerprint density at radius 1 is 1.53 bits per heavy atom. The van der Waals surface area contributed by atoms with E-state index < -0.39 is 0 Å². The van der Waals surface area contributed by atoms with E-state index in [9.17, 15) is 0 Å². The SMILES string of the molecule is C=NCc1oc(=C)/c(=C(C)\C=C/C)c1C. The van der Waals surface area contributed by atoms with E-state index in [1.807, 2.05) is 19.9 Å². The molecule has 2 heteroatoms. The lowest BCUT2D eigenvalue weighted by Gasteiger charge is -1.92. The minimum atomic E-state index is 0.511. The molecular formula is C13H17NO. The van der Waals surface area contributed by atoms with Crippen LogP contribution in [0.4, 0.5) is 0 Å². The molecule has 0 N–H and O–H groups in total. The Morgan fingerprint density at radius 3 is 2.73 bits per heavy atom. The molecule has 0 saturated carbocycles. The lowest BCUT2D eigenvalue weighted by atomic mass is 10.1. The predicted molar refractivity (Wildman–Crippen MR) is 65.4 cm³/mol. The van der Waals surface area contributed by atoms with E-state index in [2.05, 4.69) is 31.3 Å². The third-order valence-electron chi connectivity index (χ3n) is 2.38. The van der Waals surface area contributed by atoms with Crippen molar-refractivity contribution in [1.29, 1.82) is 0 Å². The van der Waals surface area contributed by atoms with Gasteiger partial charge < -0.3 is 4.42 Å². The van der Waals surface area contributed by atoms with Gasteiger partial charge in [0.2, 0.25) is 0 Å². The quantitative estimate of drug-likeness (QED) is 0.689. The Bertz CT molecular complexity index is 491. The van der Waals surface area contributed by atoms with Gasteiger partial charge in [-0.25, -0.2) is 0 Å². The van der Waals surface area contributed by atoms with Gasteiger partial charge in [-0.15, -0.1) is 0 Å². The number of aliphatic imine (C=N–C) groups is 1. The molecule has 0 saturated heterocycles. The van der Waals surface area contributed by atoms with Gasteiger partial charge in [-0.05, 0) is 33.1 Å². The monoisotopic (exact) mass is 203 g/mol. The maximum atomic E-state index is 5.55. The van der Waals surface area contributed by atoms with E-state index in [0.717, 1.165) is 16.5 Å². The molecule has 0 aromatic carbocycles. The molecule has 0 bridgehead atoms. The van der Waals surface area contributed by atoms with Gasteiger partial charge in [-0.2, -0.15) is 0 Å². The van der Waals surface area contributed by atoms with Gasteiger partial charge in [0.25, 0.3) is 0 Å². The smallest absolute Gasteiger partial charge is 0.129 e. The summed E-state index contributed by atoms with van der Waals surface area (Å²) in [5.41, 5.74) is 2.99. The van der Waals surface area contributed by atoms with Crippen LogP contribution in [0.3, 0.4) is 0 Å². The van der Waals surface area contributed by atoms with E-state index in [4.69, 9.17) is 4.42 Å². The van der Waals surface area contributed by atoms with Gasteiger partial charge in [0.05, 0.1) is 6.54 Å². The maximum Gasteiger partial charge on any atom is 0.129 e. The maximum absolute atomic E-state index is 5.55. The topological polar surface area (TPSA) is 25.5 Å². The summed E-state index contributed by atoms with van der Waals surface area (Å²) in [5.74, 6) is 0.855. The molecule has 15 heavy (non-hydrogen) atoms.